The second-order valence-corrected chi connectivity index (χ2v) is 5.36. The maximum atomic E-state index is 11.8. The molecule has 0 aliphatic rings. The Balaban J connectivity index is 2.38. The van der Waals surface area contributed by atoms with Gasteiger partial charge in [0.15, 0.2) is 0 Å². The Kier molecular flexibility index (Phi) is 6.75. The summed E-state index contributed by atoms with van der Waals surface area (Å²) in [6, 6.07) is 2.88. The quantitative estimate of drug-likeness (QED) is 0.757. The Morgan fingerprint density at radius 1 is 1.30 bits per heavy atom. The monoisotopic (exact) mass is 318 g/mol. The van der Waals surface area contributed by atoms with Crippen LogP contribution < -0.4 is 5.32 Å². The van der Waals surface area contributed by atoms with Crippen molar-refractivity contribution >= 4 is 35.1 Å². The number of carboxylic acids is 1. The normalized spacial score (nSPS) is 11.9. The van der Waals surface area contributed by atoms with Crippen LogP contribution in [0.3, 0.4) is 0 Å². The largest absolute Gasteiger partial charge is 0.481 e. The summed E-state index contributed by atoms with van der Waals surface area (Å²) in [5.74, 6) is -0.848. The number of carbonyl (C=O) groups is 2. The molecule has 7 heteroatoms. The van der Waals surface area contributed by atoms with Gasteiger partial charge >= 0.3 is 5.97 Å². The van der Waals surface area contributed by atoms with E-state index in [2.05, 4.69) is 10.3 Å². The molecule has 0 saturated heterocycles. The van der Waals surface area contributed by atoms with Gasteiger partial charge in [0.1, 0.15) is 10.3 Å². The maximum Gasteiger partial charge on any atom is 0.303 e. The fourth-order valence-corrected chi connectivity index (χ4v) is 2.10. The molecule has 0 radical (unpaired) electrons. The van der Waals surface area contributed by atoms with E-state index < -0.39 is 5.97 Å². The van der Waals surface area contributed by atoms with Gasteiger partial charge in [-0.1, -0.05) is 30.1 Å². The molecule has 1 aromatic rings. The van der Waals surface area contributed by atoms with Crippen LogP contribution in [-0.4, -0.2) is 28.5 Å². The second kappa shape index (κ2) is 8.07. The van der Waals surface area contributed by atoms with E-state index in [4.69, 9.17) is 28.3 Å². The number of hydrogen-bond donors (Lipinski definition) is 2. The molecule has 0 aliphatic heterocycles. The summed E-state index contributed by atoms with van der Waals surface area (Å²) in [5.41, 5.74) is 0.355. The SMILES string of the molecule is CC(CCNC(=O)c1cc(Cl)nc(Cl)c1)CCC(=O)O. The number of nitrogens with one attached hydrogen (secondary N) is 1. The molecule has 1 unspecified atom stereocenters. The molecule has 20 heavy (non-hydrogen) atoms. The lowest BCUT2D eigenvalue weighted by Gasteiger charge is -2.11. The van der Waals surface area contributed by atoms with Crippen LogP contribution in [0.4, 0.5) is 0 Å². The summed E-state index contributed by atoms with van der Waals surface area (Å²) in [5, 5.41) is 11.6. The summed E-state index contributed by atoms with van der Waals surface area (Å²) in [6.07, 6.45) is 1.45. The van der Waals surface area contributed by atoms with Gasteiger partial charge in [-0.15, -0.1) is 0 Å². The molecular weight excluding hydrogens is 303 g/mol. The number of aromatic nitrogens is 1. The summed E-state index contributed by atoms with van der Waals surface area (Å²) >= 11 is 11.4. The smallest absolute Gasteiger partial charge is 0.303 e. The standard InChI is InChI=1S/C13H16Cl2N2O3/c1-8(2-3-12(18)19)4-5-16-13(20)9-6-10(14)17-11(15)7-9/h6-8H,2-5H2,1H3,(H,16,20)(H,18,19). The Hall–Kier alpha value is -1.33. The van der Waals surface area contributed by atoms with Crippen LogP contribution in [-0.2, 0) is 4.79 Å². The predicted molar refractivity (Wildman–Crippen MR) is 77.2 cm³/mol. The average molecular weight is 319 g/mol. The van der Waals surface area contributed by atoms with Crippen molar-refractivity contribution < 1.29 is 14.7 Å². The summed E-state index contributed by atoms with van der Waals surface area (Å²) < 4.78 is 0. The first kappa shape index (κ1) is 16.7. The lowest BCUT2D eigenvalue weighted by atomic mass is 10.0. The highest BCUT2D eigenvalue weighted by molar-refractivity contribution is 6.33. The predicted octanol–water partition coefficient (Wildman–Crippen LogP) is 3.01. The van der Waals surface area contributed by atoms with Crippen LogP contribution in [0.1, 0.15) is 36.5 Å². The van der Waals surface area contributed by atoms with Gasteiger partial charge in [0, 0.05) is 18.5 Å². The summed E-state index contributed by atoms with van der Waals surface area (Å²) in [6.45, 7) is 2.42. The molecule has 2 N–H and O–H groups in total. The van der Waals surface area contributed by atoms with E-state index in [0.717, 1.165) is 0 Å². The van der Waals surface area contributed by atoms with E-state index in [1.54, 1.807) is 0 Å². The third-order valence-corrected chi connectivity index (χ3v) is 3.19. The molecule has 0 spiro atoms. The number of rotatable bonds is 7. The molecule has 0 aromatic carbocycles. The van der Waals surface area contributed by atoms with Crippen molar-refractivity contribution in [3.8, 4) is 0 Å². The van der Waals surface area contributed by atoms with Gasteiger partial charge in [-0.2, -0.15) is 0 Å². The number of carbonyl (C=O) groups excluding carboxylic acids is 1. The van der Waals surface area contributed by atoms with Gasteiger partial charge < -0.3 is 10.4 Å². The third-order valence-electron chi connectivity index (χ3n) is 2.80. The molecule has 1 amide bonds. The number of aliphatic carboxylic acids is 1. The topological polar surface area (TPSA) is 79.3 Å². The van der Waals surface area contributed by atoms with Crippen molar-refractivity contribution in [3.63, 3.8) is 0 Å². The van der Waals surface area contributed by atoms with Crippen LogP contribution >= 0.6 is 23.2 Å². The minimum atomic E-state index is -0.804. The van der Waals surface area contributed by atoms with E-state index in [0.29, 0.717) is 24.9 Å². The number of hydrogen-bond acceptors (Lipinski definition) is 3. The zero-order chi connectivity index (χ0) is 15.1. The molecule has 0 aliphatic carbocycles. The number of carboxylic acid groups (broad SMARTS) is 1. The van der Waals surface area contributed by atoms with Crippen molar-refractivity contribution in [3.05, 3.63) is 28.0 Å². The number of amides is 1. The van der Waals surface area contributed by atoms with Crippen LogP contribution in [0.2, 0.25) is 10.3 Å². The lowest BCUT2D eigenvalue weighted by Crippen LogP contribution is -2.25. The first-order chi connectivity index (χ1) is 9.38. The molecular formula is C13H16Cl2N2O3. The fraction of sp³-hybridized carbons (Fsp3) is 0.462. The van der Waals surface area contributed by atoms with Gasteiger partial charge in [0.2, 0.25) is 0 Å². The van der Waals surface area contributed by atoms with E-state index >= 15 is 0 Å². The molecule has 5 nitrogen and oxygen atoms in total. The van der Waals surface area contributed by atoms with E-state index in [1.165, 1.54) is 12.1 Å². The Bertz CT molecular complexity index is 474. The molecule has 110 valence electrons. The number of halogens is 2. The van der Waals surface area contributed by atoms with Gasteiger partial charge in [-0.25, -0.2) is 4.98 Å². The molecule has 0 saturated carbocycles. The molecule has 1 heterocycles. The number of pyridine rings is 1. The van der Waals surface area contributed by atoms with Crippen LogP contribution in [0.15, 0.2) is 12.1 Å². The van der Waals surface area contributed by atoms with Gasteiger partial charge in [0.25, 0.3) is 5.91 Å². The Labute approximate surface area is 127 Å². The molecule has 0 fully saturated rings. The lowest BCUT2D eigenvalue weighted by molar-refractivity contribution is -0.137. The van der Waals surface area contributed by atoms with Crippen molar-refractivity contribution in [1.29, 1.82) is 0 Å². The van der Waals surface area contributed by atoms with Gasteiger partial charge in [0.05, 0.1) is 0 Å². The van der Waals surface area contributed by atoms with E-state index in [1.807, 2.05) is 6.92 Å². The fourth-order valence-electron chi connectivity index (χ4n) is 1.64. The second-order valence-electron chi connectivity index (χ2n) is 4.58. The minimum absolute atomic E-state index is 0.144. The molecule has 1 aromatic heterocycles. The van der Waals surface area contributed by atoms with Gasteiger partial charge in [-0.05, 0) is 30.9 Å². The molecule has 1 rings (SSSR count). The number of nitrogens with zero attached hydrogens (tertiary/aromatic N) is 1. The third kappa shape index (κ3) is 6.21. The van der Waals surface area contributed by atoms with Gasteiger partial charge in [-0.3, -0.25) is 9.59 Å². The highest BCUT2D eigenvalue weighted by Crippen LogP contribution is 2.15. The van der Waals surface area contributed by atoms with E-state index in [9.17, 15) is 9.59 Å². The zero-order valence-corrected chi connectivity index (χ0v) is 12.5. The van der Waals surface area contributed by atoms with Crippen molar-refractivity contribution in [2.75, 3.05) is 6.54 Å². The first-order valence-electron chi connectivity index (χ1n) is 6.21. The molecule has 0 bridgehead atoms. The maximum absolute atomic E-state index is 11.8. The van der Waals surface area contributed by atoms with E-state index in [-0.39, 0.29) is 28.6 Å². The minimum Gasteiger partial charge on any atom is -0.481 e. The molecule has 1 atom stereocenters. The van der Waals surface area contributed by atoms with Crippen molar-refractivity contribution in [1.82, 2.24) is 10.3 Å². The highest BCUT2D eigenvalue weighted by atomic mass is 35.5. The average Bonchev–Trinajstić information content (AvgIpc) is 2.35. The van der Waals surface area contributed by atoms with Crippen LogP contribution in [0.5, 0.6) is 0 Å². The zero-order valence-electron chi connectivity index (χ0n) is 11.0. The Morgan fingerprint density at radius 2 is 1.90 bits per heavy atom. The van der Waals surface area contributed by atoms with Crippen molar-refractivity contribution in [2.24, 2.45) is 5.92 Å². The van der Waals surface area contributed by atoms with Crippen LogP contribution in [0.25, 0.3) is 0 Å². The van der Waals surface area contributed by atoms with Crippen LogP contribution in [0, 0.1) is 5.92 Å². The highest BCUT2D eigenvalue weighted by Gasteiger charge is 2.10. The summed E-state index contributed by atoms with van der Waals surface area (Å²) in [4.78, 5) is 26.0. The van der Waals surface area contributed by atoms with Crippen molar-refractivity contribution in [2.45, 2.75) is 26.2 Å². The first-order valence-corrected chi connectivity index (χ1v) is 6.97. The Morgan fingerprint density at radius 3 is 2.45 bits per heavy atom. The summed E-state index contributed by atoms with van der Waals surface area (Å²) in [7, 11) is 0.